The molecule has 2 aromatic rings. The number of carbonyl (C=O) groups is 1. The van der Waals surface area contributed by atoms with E-state index < -0.39 is 0 Å². The molecule has 0 radical (unpaired) electrons. The molecule has 5 heteroatoms. The number of carbonyl (C=O) groups excluding carboxylic acids is 1. The Bertz CT molecular complexity index is 588. The van der Waals surface area contributed by atoms with Crippen LogP contribution in [0.1, 0.15) is 21.6 Å². The molecule has 1 aromatic carbocycles. The summed E-state index contributed by atoms with van der Waals surface area (Å²) in [4.78, 5) is 13.8. The summed E-state index contributed by atoms with van der Waals surface area (Å²) in [6.07, 6.45) is 1.43. The molecule has 1 aromatic heterocycles. The molecule has 0 saturated carbocycles. The molecule has 3 N–H and O–H groups in total. The third-order valence-electron chi connectivity index (χ3n) is 2.90. The zero-order valence-electron chi connectivity index (χ0n) is 10.7. The van der Waals surface area contributed by atoms with E-state index in [1.165, 1.54) is 6.20 Å². The Balaban J connectivity index is 2.34. The average Bonchev–Trinajstić information content (AvgIpc) is 2.74. The van der Waals surface area contributed by atoms with Crippen molar-refractivity contribution in [2.45, 2.75) is 13.8 Å². The predicted molar refractivity (Wildman–Crippen MR) is 71.6 cm³/mol. The van der Waals surface area contributed by atoms with Crippen molar-refractivity contribution in [3.63, 3.8) is 0 Å². The Labute approximate surface area is 106 Å². The molecular formula is C13H16N4O. The molecule has 0 bridgehead atoms. The van der Waals surface area contributed by atoms with Crippen LogP contribution in [0.15, 0.2) is 24.4 Å². The van der Waals surface area contributed by atoms with E-state index in [1.54, 1.807) is 11.9 Å². The number of hydrogen-bond acceptors (Lipinski definition) is 3. The second-order valence-corrected chi connectivity index (χ2v) is 4.35. The highest BCUT2D eigenvalue weighted by Crippen LogP contribution is 2.22. The lowest BCUT2D eigenvalue weighted by Gasteiger charge is -2.19. The lowest BCUT2D eigenvalue weighted by Crippen LogP contribution is -2.28. The van der Waals surface area contributed by atoms with Crippen LogP contribution in [0.5, 0.6) is 0 Å². The second-order valence-electron chi connectivity index (χ2n) is 4.35. The summed E-state index contributed by atoms with van der Waals surface area (Å²) in [6, 6.07) is 5.94. The Morgan fingerprint density at radius 1 is 1.39 bits per heavy atom. The van der Waals surface area contributed by atoms with Gasteiger partial charge in [-0.25, -0.2) is 0 Å². The first kappa shape index (κ1) is 12.2. The molecule has 0 aliphatic heterocycles. The maximum Gasteiger partial charge on any atom is 0.278 e. The van der Waals surface area contributed by atoms with Gasteiger partial charge in [0.1, 0.15) is 5.69 Å². The number of nitrogens with one attached hydrogen (secondary N) is 1. The number of amides is 1. The van der Waals surface area contributed by atoms with Crippen LogP contribution in [0.25, 0.3) is 0 Å². The van der Waals surface area contributed by atoms with Gasteiger partial charge < -0.3 is 10.6 Å². The van der Waals surface area contributed by atoms with Crippen LogP contribution in [0.3, 0.4) is 0 Å². The molecule has 1 heterocycles. The van der Waals surface area contributed by atoms with Gasteiger partial charge in [-0.1, -0.05) is 17.7 Å². The Morgan fingerprint density at radius 2 is 2.11 bits per heavy atom. The monoisotopic (exact) mass is 244 g/mol. The zero-order chi connectivity index (χ0) is 13.3. The van der Waals surface area contributed by atoms with Crippen molar-refractivity contribution in [3.8, 4) is 0 Å². The van der Waals surface area contributed by atoms with E-state index in [0.717, 1.165) is 16.8 Å². The van der Waals surface area contributed by atoms with Crippen molar-refractivity contribution in [3.05, 3.63) is 41.2 Å². The summed E-state index contributed by atoms with van der Waals surface area (Å²) in [5.74, 6) is -0.197. The van der Waals surface area contributed by atoms with E-state index in [1.807, 2.05) is 32.0 Å². The highest BCUT2D eigenvalue weighted by Gasteiger charge is 2.18. The van der Waals surface area contributed by atoms with Crippen LogP contribution in [-0.2, 0) is 0 Å². The standard InChI is InChI=1S/C13H16N4O/c1-8-4-5-11(9(2)6-8)17(3)13(18)12-10(14)7-15-16-12/h4-7H,14H2,1-3H3,(H,15,16). The number of rotatable bonds is 2. The average molecular weight is 244 g/mol. The van der Waals surface area contributed by atoms with E-state index in [4.69, 9.17) is 5.73 Å². The van der Waals surface area contributed by atoms with E-state index in [0.29, 0.717) is 11.4 Å². The van der Waals surface area contributed by atoms with E-state index in [2.05, 4.69) is 10.2 Å². The molecule has 0 atom stereocenters. The molecule has 18 heavy (non-hydrogen) atoms. The topological polar surface area (TPSA) is 75.0 Å². The van der Waals surface area contributed by atoms with Crippen molar-refractivity contribution >= 4 is 17.3 Å². The summed E-state index contributed by atoms with van der Waals surface area (Å²) in [7, 11) is 1.72. The fourth-order valence-corrected chi connectivity index (χ4v) is 1.93. The van der Waals surface area contributed by atoms with Gasteiger partial charge in [0.15, 0.2) is 0 Å². The molecule has 0 saturated heterocycles. The van der Waals surface area contributed by atoms with Gasteiger partial charge in [0, 0.05) is 12.7 Å². The summed E-state index contributed by atoms with van der Waals surface area (Å²) in [6.45, 7) is 3.99. The maximum absolute atomic E-state index is 12.2. The van der Waals surface area contributed by atoms with Crippen molar-refractivity contribution in [2.24, 2.45) is 0 Å². The largest absolute Gasteiger partial charge is 0.396 e. The van der Waals surface area contributed by atoms with Gasteiger partial charge in [0.25, 0.3) is 5.91 Å². The summed E-state index contributed by atoms with van der Waals surface area (Å²) < 4.78 is 0. The Kier molecular flexibility index (Phi) is 3.06. The van der Waals surface area contributed by atoms with Crippen LogP contribution >= 0.6 is 0 Å². The zero-order valence-corrected chi connectivity index (χ0v) is 10.7. The van der Waals surface area contributed by atoms with Gasteiger partial charge >= 0.3 is 0 Å². The van der Waals surface area contributed by atoms with Crippen LogP contribution in [0.4, 0.5) is 11.4 Å². The molecule has 94 valence electrons. The number of hydrogen-bond donors (Lipinski definition) is 2. The molecule has 0 aliphatic carbocycles. The fourth-order valence-electron chi connectivity index (χ4n) is 1.93. The number of nitrogens with two attached hydrogens (primary N) is 1. The molecule has 1 amide bonds. The second kappa shape index (κ2) is 4.52. The third kappa shape index (κ3) is 2.07. The number of aryl methyl sites for hydroxylation is 2. The van der Waals surface area contributed by atoms with E-state index >= 15 is 0 Å². The SMILES string of the molecule is Cc1ccc(N(C)C(=O)c2[nH]ncc2N)c(C)c1. The number of aromatic nitrogens is 2. The Morgan fingerprint density at radius 3 is 2.67 bits per heavy atom. The maximum atomic E-state index is 12.2. The van der Waals surface area contributed by atoms with Gasteiger partial charge in [-0.2, -0.15) is 5.10 Å². The smallest absolute Gasteiger partial charge is 0.278 e. The quantitative estimate of drug-likeness (QED) is 0.847. The summed E-state index contributed by atoms with van der Waals surface area (Å²) in [5.41, 5.74) is 9.42. The van der Waals surface area contributed by atoms with Gasteiger partial charge in [-0.3, -0.25) is 9.89 Å². The predicted octanol–water partition coefficient (Wildman–Crippen LogP) is 1.89. The minimum atomic E-state index is -0.197. The highest BCUT2D eigenvalue weighted by atomic mass is 16.2. The number of benzene rings is 1. The van der Waals surface area contributed by atoms with Crippen molar-refractivity contribution in [1.29, 1.82) is 0 Å². The fraction of sp³-hybridized carbons (Fsp3) is 0.231. The lowest BCUT2D eigenvalue weighted by molar-refractivity contribution is 0.0989. The van der Waals surface area contributed by atoms with Crippen molar-refractivity contribution < 1.29 is 4.79 Å². The number of aromatic amines is 1. The highest BCUT2D eigenvalue weighted by molar-refractivity contribution is 6.07. The van der Waals surface area contributed by atoms with E-state index in [-0.39, 0.29) is 5.91 Å². The van der Waals surface area contributed by atoms with Crippen LogP contribution in [0, 0.1) is 13.8 Å². The van der Waals surface area contributed by atoms with Gasteiger partial charge in [0.05, 0.1) is 11.9 Å². The number of nitrogens with zero attached hydrogens (tertiary/aromatic N) is 2. The molecule has 0 fully saturated rings. The van der Waals surface area contributed by atoms with Crippen molar-refractivity contribution in [2.75, 3.05) is 17.7 Å². The molecule has 0 spiro atoms. The first-order valence-electron chi connectivity index (χ1n) is 5.65. The normalized spacial score (nSPS) is 10.4. The molecule has 0 unspecified atom stereocenters. The minimum absolute atomic E-state index is 0.197. The molecular weight excluding hydrogens is 228 g/mol. The van der Waals surface area contributed by atoms with Gasteiger partial charge in [-0.15, -0.1) is 0 Å². The summed E-state index contributed by atoms with van der Waals surface area (Å²) >= 11 is 0. The van der Waals surface area contributed by atoms with Crippen molar-refractivity contribution in [1.82, 2.24) is 10.2 Å². The van der Waals surface area contributed by atoms with Crippen LogP contribution in [0.2, 0.25) is 0 Å². The van der Waals surface area contributed by atoms with Gasteiger partial charge in [-0.05, 0) is 25.5 Å². The van der Waals surface area contributed by atoms with E-state index in [9.17, 15) is 4.79 Å². The van der Waals surface area contributed by atoms with Gasteiger partial charge in [0.2, 0.25) is 0 Å². The van der Waals surface area contributed by atoms with Crippen LogP contribution < -0.4 is 10.6 Å². The molecule has 5 nitrogen and oxygen atoms in total. The Hall–Kier alpha value is -2.30. The lowest BCUT2D eigenvalue weighted by atomic mass is 10.1. The number of anilines is 2. The molecule has 0 aliphatic rings. The number of nitrogen functional groups attached to an aromatic ring is 1. The first-order valence-corrected chi connectivity index (χ1v) is 5.65. The summed E-state index contributed by atoms with van der Waals surface area (Å²) in [5, 5.41) is 6.38. The third-order valence-corrected chi connectivity index (χ3v) is 2.90. The minimum Gasteiger partial charge on any atom is -0.396 e. The number of H-pyrrole nitrogens is 1. The van der Waals surface area contributed by atoms with Crippen LogP contribution in [-0.4, -0.2) is 23.2 Å². The first-order chi connectivity index (χ1) is 8.50. The molecule has 2 rings (SSSR count).